The van der Waals surface area contributed by atoms with Gasteiger partial charge >= 0.3 is 0 Å². The average molecular weight is 278 g/mol. The first-order valence-electron chi connectivity index (χ1n) is 7.24. The van der Waals surface area contributed by atoms with Crippen LogP contribution in [0.5, 0.6) is 0 Å². The highest BCUT2D eigenvalue weighted by atomic mass is 19.1. The van der Waals surface area contributed by atoms with Gasteiger partial charge in [-0.3, -0.25) is 4.79 Å². The molecule has 0 spiro atoms. The van der Waals surface area contributed by atoms with Crippen LogP contribution in [-0.2, 0) is 11.2 Å². The van der Waals surface area contributed by atoms with Gasteiger partial charge in [0.25, 0.3) is 0 Å². The van der Waals surface area contributed by atoms with E-state index in [1.54, 1.807) is 12.1 Å². The van der Waals surface area contributed by atoms with Crippen molar-refractivity contribution in [3.05, 3.63) is 35.6 Å². The first kappa shape index (κ1) is 15.0. The zero-order valence-corrected chi connectivity index (χ0v) is 12.2. The molecule has 4 heteroatoms. The van der Waals surface area contributed by atoms with E-state index in [1.165, 1.54) is 6.07 Å². The van der Waals surface area contributed by atoms with E-state index in [0.717, 1.165) is 24.9 Å². The standard InChI is InChI=1S/C16H23FN2O/c1-11(2)16(20)19-9-13(8-15(18)10-19)6-12-4-3-5-14(17)7-12/h3-5,7,11,13,15H,6,8-10,18H2,1-2H3. The van der Waals surface area contributed by atoms with Crippen LogP contribution in [0.25, 0.3) is 0 Å². The highest BCUT2D eigenvalue weighted by Crippen LogP contribution is 2.22. The minimum Gasteiger partial charge on any atom is -0.341 e. The second-order valence-corrected chi connectivity index (χ2v) is 6.09. The van der Waals surface area contributed by atoms with Gasteiger partial charge in [-0.25, -0.2) is 4.39 Å². The number of carbonyl (C=O) groups excluding carboxylic acids is 1. The Bertz CT molecular complexity index is 475. The van der Waals surface area contributed by atoms with Crippen LogP contribution < -0.4 is 5.73 Å². The Morgan fingerprint density at radius 1 is 1.45 bits per heavy atom. The summed E-state index contributed by atoms with van der Waals surface area (Å²) in [5.41, 5.74) is 7.04. The Hall–Kier alpha value is -1.42. The molecule has 20 heavy (non-hydrogen) atoms. The molecule has 1 aromatic carbocycles. The Morgan fingerprint density at radius 3 is 2.85 bits per heavy atom. The molecule has 3 nitrogen and oxygen atoms in total. The maximum Gasteiger partial charge on any atom is 0.225 e. The lowest BCUT2D eigenvalue weighted by molar-refractivity contribution is -0.136. The van der Waals surface area contributed by atoms with Gasteiger partial charge in [0.1, 0.15) is 5.82 Å². The molecule has 1 aromatic rings. The number of halogens is 1. The zero-order chi connectivity index (χ0) is 14.7. The molecule has 1 aliphatic rings. The molecule has 1 fully saturated rings. The largest absolute Gasteiger partial charge is 0.341 e. The number of carbonyl (C=O) groups is 1. The number of piperidine rings is 1. The highest BCUT2D eigenvalue weighted by Gasteiger charge is 2.29. The Kier molecular flexibility index (Phi) is 4.76. The van der Waals surface area contributed by atoms with Crippen molar-refractivity contribution in [3.8, 4) is 0 Å². The molecular weight excluding hydrogens is 255 g/mol. The third-order valence-electron chi connectivity index (χ3n) is 3.79. The van der Waals surface area contributed by atoms with Crippen LogP contribution >= 0.6 is 0 Å². The predicted molar refractivity (Wildman–Crippen MR) is 77.6 cm³/mol. The van der Waals surface area contributed by atoms with Crippen molar-refractivity contribution in [3.63, 3.8) is 0 Å². The van der Waals surface area contributed by atoms with Crippen molar-refractivity contribution in [2.75, 3.05) is 13.1 Å². The van der Waals surface area contributed by atoms with Crippen molar-refractivity contribution in [2.45, 2.75) is 32.7 Å². The van der Waals surface area contributed by atoms with Gasteiger partial charge in [0.15, 0.2) is 0 Å². The summed E-state index contributed by atoms with van der Waals surface area (Å²) in [5.74, 6) is 0.250. The summed E-state index contributed by atoms with van der Waals surface area (Å²) in [5, 5.41) is 0. The van der Waals surface area contributed by atoms with Crippen molar-refractivity contribution in [1.82, 2.24) is 4.90 Å². The summed E-state index contributed by atoms with van der Waals surface area (Å²) in [6.07, 6.45) is 1.66. The van der Waals surface area contributed by atoms with Crippen LogP contribution in [0, 0.1) is 17.7 Å². The fourth-order valence-electron chi connectivity index (χ4n) is 2.94. The molecule has 0 radical (unpaired) electrons. The van der Waals surface area contributed by atoms with E-state index in [0.29, 0.717) is 12.5 Å². The molecule has 110 valence electrons. The van der Waals surface area contributed by atoms with Crippen LogP contribution in [-0.4, -0.2) is 29.9 Å². The number of nitrogens with zero attached hydrogens (tertiary/aromatic N) is 1. The second-order valence-electron chi connectivity index (χ2n) is 6.09. The summed E-state index contributed by atoms with van der Waals surface area (Å²) in [6.45, 7) is 5.17. The number of nitrogens with two attached hydrogens (primary N) is 1. The molecule has 0 bridgehead atoms. The Morgan fingerprint density at radius 2 is 2.20 bits per heavy atom. The van der Waals surface area contributed by atoms with E-state index < -0.39 is 0 Å². The smallest absolute Gasteiger partial charge is 0.225 e. The third-order valence-corrected chi connectivity index (χ3v) is 3.79. The van der Waals surface area contributed by atoms with Gasteiger partial charge in [0.05, 0.1) is 0 Å². The fraction of sp³-hybridized carbons (Fsp3) is 0.562. The number of hydrogen-bond acceptors (Lipinski definition) is 2. The van der Waals surface area contributed by atoms with Gasteiger partial charge < -0.3 is 10.6 Å². The molecule has 2 rings (SSSR count). The molecule has 0 aromatic heterocycles. The lowest BCUT2D eigenvalue weighted by Gasteiger charge is -2.37. The van der Waals surface area contributed by atoms with E-state index in [-0.39, 0.29) is 23.7 Å². The average Bonchev–Trinajstić information content (AvgIpc) is 2.37. The SMILES string of the molecule is CC(C)C(=O)N1CC(N)CC(Cc2cccc(F)c2)C1. The summed E-state index contributed by atoms with van der Waals surface area (Å²) in [7, 11) is 0. The van der Waals surface area contributed by atoms with E-state index in [1.807, 2.05) is 24.8 Å². The number of rotatable bonds is 3. The lowest BCUT2D eigenvalue weighted by Crippen LogP contribution is -2.51. The molecule has 1 heterocycles. The van der Waals surface area contributed by atoms with Crippen LogP contribution in [0.1, 0.15) is 25.8 Å². The van der Waals surface area contributed by atoms with Gasteiger partial charge in [0, 0.05) is 25.0 Å². The lowest BCUT2D eigenvalue weighted by atomic mass is 9.88. The maximum absolute atomic E-state index is 13.2. The summed E-state index contributed by atoms with van der Waals surface area (Å²) < 4.78 is 13.2. The van der Waals surface area contributed by atoms with Crippen LogP contribution in [0.4, 0.5) is 4.39 Å². The van der Waals surface area contributed by atoms with Crippen molar-refractivity contribution < 1.29 is 9.18 Å². The molecular formula is C16H23FN2O. The van der Waals surface area contributed by atoms with Gasteiger partial charge in [-0.15, -0.1) is 0 Å². The van der Waals surface area contributed by atoms with Gasteiger partial charge in [-0.05, 0) is 36.5 Å². The topological polar surface area (TPSA) is 46.3 Å². The quantitative estimate of drug-likeness (QED) is 0.921. The number of benzene rings is 1. The third kappa shape index (κ3) is 3.79. The number of hydrogen-bond donors (Lipinski definition) is 1. The van der Waals surface area contributed by atoms with E-state index in [4.69, 9.17) is 5.73 Å². The molecule has 1 saturated heterocycles. The van der Waals surface area contributed by atoms with E-state index in [9.17, 15) is 9.18 Å². The summed E-state index contributed by atoms with van der Waals surface area (Å²) in [4.78, 5) is 14.0. The highest BCUT2D eigenvalue weighted by molar-refractivity contribution is 5.78. The molecule has 0 aliphatic carbocycles. The Balaban J connectivity index is 2.03. The van der Waals surface area contributed by atoms with Gasteiger partial charge in [0.2, 0.25) is 5.91 Å². The minimum absolute atomic E-state index is 0.00452. The van der Waals surface area contributed by atoms with E-state index >= 15 is 0 Å². The maximum atomic E-state index is 13.2. The summed E-state index contributed by atoms with van der Waals surface area (Å²) >= 11 is 0. The van der Waals surface area contributed by atoms with Crippen LogP contribution in [0.15, 0.2) is 24.3 Å². The van der Waals surface area contributed by atoms with Crippen molar-refractivity contribution in [2.24, 2.45) is 17.6 Å². The molecule has 0 saturated carbocycles. The molecule has 2 unspecified atom stereocenters. The first-order valence-corrected chi connectivity index (χ1v) is 7.24. The van der Waals surface area contributed by atoms with Crippen molar-refractivity contribution >= 4 is 5.91 Å². The van der Waals surface area contributed by atoms with Crippen LogP contribution in [0.3, 0.4) is 0 Å². The second kappa shape index (κ2) is 6.35. The zero-order valence-electron chi connectivity index (χ0n) is 12.2. The first-order chi connectivity index (χ1) is 9.45. The molecule has 2 N–H and O–H groups in total. The monoisotopic (exact) mass is 278 g/mol. The Labute approximate surface area is 120 Å². The minimum atomic E-state index is -0.210. The molecule has 1 aliphatic heterocycles. The molecule has 1 amide bonds. The van der Waals surface area contributed by atoms with Gasteiger partial charge in [-0.2, -0.15) is 0 Å². The van der Waals surface area contributed by atoms with Gasteiger partial charge in [-0.1, -0.05) is 26.0 Å². The van der Waals surface area contributed by atoms with E-state index in [2.05, 4.69) is 0 Å². The fourth-order valence-corrected chi connectivity index (χ4v) is 2.94. The number of likely N-dealkylation sites (tertiary alicyclic amines) is 1. The predicted octanol–water partition coefficient (Wildman–Crippen LogP) is 2.20. The number of amides is 1. The van der Waals surface area contributed by atoms with Crippen molar-refractivity contribution in [1.29, 1.82) is 0 Å². The summed E-state index contributed by atoms with van der Waals surface area (Å²) in [6, 6.07) is 6.69. The van der Waals surface area contributed by atoms with Crippen LogP contribution in [0.2, 0.25) is 0 Å². The molecule has 2 atom stereocenters. The normalized spacial score (nSPS) is 23.1.